The molecule has 7 heteroatoms. The fourth-order valence-electron chi connectivity index (χ4n) is 2.75. The predicted molar refractivity (Wildman–Crippen MR) is 72.1 cm³/mol. The Hall–Kier alpha value is -2.20. The molecule has 1 aromatic rings. The highest BCUT2D eigenvalue weighted by molar-refractivity contribution is 5.64. The van der Waals surface area contributed by atoms with Gasteiger partial charge in [-0.1, -0.05) is 6.42 Å². The molecule has 1 fully saturated rings. The summed E-state index contributed by atoms with van der Waals surface area (Å²) in [5.41, 5.74) is -0.270. The zero-order valence-corrected chi connectivity index (χ0v) is 11.0. The van der Waals surface area contributed by atoms with Crippen LogP contribution in [0.3, 0.4) is 0 Å². The van der Waals surface area contributed by atoms with E-state index < -0.39 is 4.92 Å². The van der Waals surface area contributed by atoms with E-state index in [9.17, 15) is 10.1 Å². The van der Waals surface area contributed by atoms with Gasteiger partial charge in [0.2, 0.25) is 5.82 Å². The van der Waals surface area contributed by atoms with Crippen molar-refractivity contribution in [3.05, 3.63) is 27.9 Å². The van der Waals surface area contributed by atoms with Crippen LogP contribution in [0.4, 0.5) is 11.5 Å². The summed E-state index contributed by atoms with van der Waals surface area (Å²) in [6, 6.07) is 3.21. The van der Waals surface area contributed by atoms with Crippen molar-refractivity contribution < 1.29 is 10.0 Å². The van der Waals surface area contributed by atoms with Crippen LogP contribution in [0.15, 0.2) is 12.3 Å². The lowest BCUT2D eigenvalue weighted by molar-refractivity contribution is -0.384. The predicted octanol–water partition coefficient (Wildman–Crippen LogP) is 1.82. The van der Waals surface area contributed by atoms with Crippen LogP contribution in [0, 0.1) is 27.4 Å². The lowest BCUT2D eigenvalue weighted by Crippen LogP contribution is -2.25. The molecule has 1 aromatic heterocycles. The molecule has 1 aliphatic carbocycles. The summed E-state index contributed by atoms with van der Waals surface area (Å²) in [6.45, 7) is 0.108. The van der Waals surface area contributed by atoms with E-state index in [1.807, 2.05) is 6.07 Å². The van der Waals surface area contributed by atoms with Crippen molar-refractivity contribution >= 4 is 11.5 Å². The van der Waals surface area contributed by atoms with Gasteiger partial charge in [-0.15, -0.1) is 0 Å². The zero-order valence-electron chi connectivity index (χ0n) is 11.0. The summed E-state index contributed by atoms with van der Waals surface area (Å²) < 4.78 is 0. The van der Waals surface area contributed by atoms with Crippen molar-refractivity contribution in [2.24, 2.45) is 5.92 Å². The Bertz CT molecular complexity index is 541. The maximum absolute atomic E-state index is 11.1. The van der Waals surface area contributed by atoms with Gasteiger partial charge in [0.05, 0.1) is 4.92 Å². The van der Waals surface area contributed by atoms with Crippen molar-refractivity contribution in [1.82, 2.24) is 4.98 Å². The van der Waals surface area contributed by atoms with Gasteiger partial charge >= 0.3 is 5.69 Å². The van der Waals surface area contributed by atoms with Gasteiger partial charge in [0.25, 0.3) is 0 Å². The number of aromatic nitrogens is 1. The number of hydrogen-bond donors (Lipinski definition) is 2. The van der Waals surface area contributed by atoms with Gasteiger partial charge in [0.1, 0.15) is 11.6 Å². The molecule has 2 N–H and O–H groups in total. The quantitative estimate of drug-likeness (QED) is 0.626. The molecular weight excluding hydrogens is 260 g/mol. The second-order valence-electron chi connectivity index (χ2n) is 4.88. The molecule has 2 rings (SSSR count). The fraction of sp³-hybridized carbons (Fsp3) is 0.538. The minimum atomic E-state index is -0.579. The summed E-state index contributed by atoms with van der Waals surface area (Å²) in [6.07, 6.45) is 4.96. The molecular formula is C13H16N4O3. The Morgan fingerprint density at radius 1 is 1.60 bits per heavy atom. The summed E-state index contributed by atoms with van der Waals surface area (Å²) in [5.74, 6) is 0.427. The van der Waals surface area contributed by atoms with Crippen LogP contribution in [0.5, 0.6) is 0 Å². The number of nitro groups is 1. The third kappa shape index (κ3) is 2.86. The van der Waals surface area contributed by atoms with Crippen LogP contribution in [-0.4, -0.2) is 27.7 Å². The van der Waals surface area contributed by atoms with Gasteiger partial charge in [-0.25, -0.2) is 4.98 Å². The second kappa shape index (κ2) is 6.30. The number of hydrogen-bond acceptors (Lipinski definition) is 6. The van der Waals surface area contributed by atoms with Crippen molar-refractivity contribution in [3.63, 3.8) is 0 Å². The molecule has 106 valence electrons. The highest BCUT2D eigenvalue weighted by atomic mass is 16.6. The minimum absolute atomic E-state index is 0.00389. The number of aliphatic hydroxyl groups excluding tert-OH is 1. The van der Waals surface area contributed by atoms with Gasteiger partial charge in [-0.3, -0.25) is 10.1 Å². The average molecular weight is 276 g/mol. The van der Waals surface area contributed by atoms with E-state index in [2.05, 4.69) is 10.3 Å². The molecule has 0 bridgehead atoms. The number of aliphatic hydroxyl groups is 1. The Morgan fingerprint density at radius 2 is 2.40 bits per heavy atom. The molecule has 2 unspecified atom stereocenters. The van der Waals surface area contributed by atoms with Crippen LogP contribution in [0.25, 0.3) is 0 Å². The molecule has 7 nitrogen and oxygen atoms in total. The molecule has 0 aliphatic heterocycles. The molecule has 1 heterocycles. The smallest absolute Gasteiger partial charge is 0.328 e. The number of anilines is 1. The maximum atomic E-state index is 11.1. The number of nitrogens with zero attached hydrogens (tertiary/aromatic N) is 3. The van der Waals surface area contributed by atoms with Gasteiger partial charge in [-0.2, -0.15) is 5.26 Å². The molecule has 0 aromatic carbocycles. The zero-order chi connectivity index (χ0) is 14.5. The summed E-state index contributed by atoms with van der Waals surface area (Å²) in [5, 5.41) is 32.2. The van der Waals surface area contributed by atoms with Gasteiger partial charge in [-0.05, 0) is 31.2 Å². The molecule has 1 saturated carbocycles. The first-order valence-electron chi connectivity index (χ1n) is 6.58. The number of nitriles is 1. The third-order valence-corrected chi connectivity index (χ3v) is 3.71. The highest BCUT2D eigenvalue weighted by Gasteiger charge is 2.30. The Morgan fingerprint density at radius 3 is 3.05 bits per heavy atom. The molecule has 0 radical (unpaired) electrons. The van der Waals surface area contributed by atoms with E-state index in [0.717, 1.165) is 19.3 Å². The monoisotopic (exact) mass is 276 g/mol. The van der Waals surface area contributed by atoms with E-state index in [1.165, 1.54) is 12.3 Å². The minimum Gasteiger partial charge on any atom is -0.396 e. The van der Waals surface area contributed by atoms with Crippen molar-refractivity contribution in [1.29, 1.82) is 5.26 Å². The summed E-state index contributed by atoms with van der Waals surface area (Å²) in [7, 11) is 0. The van der Waals surface area contributed by atoms with Crippen LogP contribution >= 0.6 is 0 Å². The average Bonchev–Trinajstić information content (AvgIpc) is 2.86. The van der Waals surface area contributed by atoms with Gasteiger partial charge in [0.15, 0.2) is 0 Å². The summed E-state index contributed by atoms with van der Waals surface area (Å²) >= 11 is 0. The molecule has 20 heavy (non-hydrogen) atoms. The van der Waals surface area contributed by atoms with Gasteiger partial charge < -0.3 is 10.4 Å². The van der Waals surface area contributed by atoms with Crippen LogP contribution in [0.2, 0.25) is 0 Å². The lowest BCUT2D eigenvalue weighted by Gasteiger charge is -2.20. The third-order valence-electron chi connectivity index (χ3n) is 3.71. The van der Waals surface area contributed by atoms with Crippen molar-refractivity contribution in [2.75, 3.05) is 11.9 Å². The first-order chi connectivity index (χ1) is 9.67. The Labute approximate surface area is 116 Å². The normalized spacial score (nSPS) is 21.4. The molecule has 2 atom stereocenters. The highest BCUT2D eigenvalue weighted by Crippen LogP contribution is 2.33. The summed E-state index contributed by atoms with van der Waals surface area (Å²) in [4.78, 5) is 14.5. The Kier molecular flexibility index (Phi) is 4.48. The van der Waals surface area contributed by atoms with E-state index >= 15 is 0 Å². The van der Waals surface area contributed by atoms with Crippen LogP contribution in [0.1, 0.15) is 31.2 Å². The van der Waals surface area contributed by atoms with Crippen LogP contribution < -0.4 is 5.32 Å². The fourth-order valence-corrected chi connectivity index (χ4v) is 2.75. The molecule has 0 spiro atoms. The van der Waals surface area contributed by atoms with Gasteiger partial charge in [0, 0.05) is 18.8 Å². The number of nitrogens with one attached hydrogen (secondary N) is 1. The SMILES string of the molecule is N#Cc1ccnc(NC2CCCC2CCO)c1[N+](=O)[O-]. The number of rotatable bonds is 5. The second-order valence-corrected chi connectivity index (χ2v) is 4.88. The Balaban J connectivity index is 2.25. The lowest BCUT2D eigenvalue weighted by atomic mass is 10.00. The maximum Gasteiger partial charge on any atom is 0.328 e. The van der Waals surface area contributed by atoms with E-state index in [0.29, 0.717) is 6.42 Å². The first kappa shape index (κ1) is 14.2. The van der Waals surface area contributed by atoms with Crippen molar-refractivity contribution in [2.45, 2.75) is 31.7 Å². The largest absolute Gasteiger partial charge is 0.396 e. The molecule has 0 saturated heterocycles. The van der Waals surface area contributed by atoms with E-state index in [-0.39, 0.29) is 35.6 Å². The molecule has 0 amide bonds. The number of pyridine rings is 1. The van der Waals surface area contributed by atoms with Crippen molar-refractivity contribution in [3.8, 4) is 6.07 Å². The van der Waals surface area contributed by atoms with E-state index in [4.69, 9.17) is 10.4 Å². The topological polar surface area (TPSA) is 112 Å². The molecule has 1 aliphatic rings. The van der Waals surface area contributed by atoms with E-state index in [1.54, 1.807) is 0 Å². The standard InChI is InChI=1S/C13H16N4O3/c14-8-10-4-6-15-13(12(10)17(19)20)16-11-3-1-2-9(11)5-7-18/h4,6,9,11,18H,1-3,5,7H2,(H,15,16). The van der Waals surface area contributed by atoms with Crippen LogP contribution in [-0.2, 0) is 0 Å². The first-order valence-corrected chi connectivity index (χ1v) is 6.58.